The van der Waals surface area contributed by atoms with Crippen LogP contribution in [0.4, 0.5) is 5.69 Å². The summed E-state index contributed by atoms with van der Waals surface area (Å²) in [5.41, 5.74) is 10.1. The lowest BCUT2D eigenvalue weighted by Gasteiger charge is -2.45. The average molecular weight is 539 g/mol. The van der Waals surface area contributed by atoms with Crippen molar-refractivity contribution in [3.63, 3.8) is 0 Å². The zero-order chi connectivity index (χ0) is 25.0. The lowest BCUT2D eigenvalue weighted by Crippen LogP contribution is -2.42. The van der Waals surface area contributed by atoms with Crippen LogP contribution in [-0.2, 0) is 19.2 Å². The van der Waals surface area contributed by atoms with Gasteiger partial charge in [0.25, 0.3) is 0 Å². The zero-order valence-electron chi connectivity index (χ0n) is 18.7. The minimum absolute atomic E-state index is 0.0783. The molecule has 36 heavy (non-hydrogen) atoms. The summed E-state index contributed by atoms with van der Waals surface area (Å²) in [7, 11) is 0. The van der Waals surface area contributed by atoms with E-state index in [0.717, 1.165) is 11.1 Å². The number of anilines is 1. The van der Waals surface area contributed by atoms with Gasteiger partial charge in [-0.05, 0) is 40.0 Å². The van der Waals surface area contributed by atoms with Crippen molar-refractivity contribution in [1.29, 1.82) is 0 Å². The van der Waals surface area contributed by atoms with Gasteiger partial charge in [0.2, 0.25) is 5.78 Å². The summed E-state index contributed by atoms with van der Waals surface area (Å²) in [4.78, 5) is 63.3. The number of nitrogen functional groups attached to an aromatic ring is 1. The number of ketones is 4. The minimum Gasteiger partial charge on any atom is -0.397 e. The zero-order valence-corrected chi connectivity index (χ0v) is 20.3. The van der Waals surface area contributed by atoms with Crippen LogP contribution in [0.25, 0.3) is 16.9 Å². The standard InChI is InChI=1S/C27H15BrN4O4/c1-10-22(28)26(36)21-16-11-4-2-3-5-12(11)17(20(21)24(10)34)19-18(16)15(33)8-14(25(19)35)32-9-31-23-13(29)6-7-30-27(23)32/h2-9,16-17H,1H3,(H2,29,30). The van der Waals surface area contributed by atoms with Crippen LogP contribution in [0.2, 0.25) is 0 Å². The van der Waals surface area contributed by atoms with Gasteiger partial charge in [0.1, 0.15) is 17.5 Å². The fourth-order valence-electron chi connectivity index (χ4n) is 5.89. The van der Waals surface area contributed by atoms with Gasteiger partial charge in [0.15, 0.2) is 23.0 Å². The number of hydrogen-bond acceptors (Lipinski definition) is 7. The summed E-state index contributed by atoms with van der Waals surface area (Å²) in [5.74, 6) is -3.04. The van der Waals surface area contributed by atoms with Crippen molar-refractivity contribution in [3.8, 4) is 0 Å². The molecule has 2 aromatic heterocycles. The molecule has 2 heterocycles. The number of pyridine rings is 1. The van der Waals surface area contributed by atoms with Crippen LogP contribution < -0.4 is 5.73 Å². The molecule has 0 fully saturated rings. The molecule has 1 aromatic carbocycles. The molecule has 5 aliphatic rings. The number of halogens is 1. The fourth-order valence-corrected chi connectivity index (χ4v) is 6.29. The van der Waals surface area contributed by atoms with Crippen LogP contribution in [0.3, 0.4) is 0 Å². The summed E-state index contributed by atoms with van der Waals surface area (Å²) >= 11 is 3.28. The average Bonchev–Trinajstić information content (AvgIpc) is 3.32. The van der Waals surface area contributed by atoms with Gasteiger partial charge < -0.3 is 5.73 Å². The number of nitrogens with two attached hydrogens (primary N) is 1. The summed E-state index contributed by atoms with van der Waals surface area (Å²) in [6, 6.07) is 8.97. The maximum atomic E-state index is 14.1. The molecule has 0 saturated carbocycles. The van der Waals surface area contributed by atoms with E-state index in [1.807, 2.05) is 24.3 Å². The topological polar surface area (TPSA) is 125 Å². The highest BCUT2D eigenvalue weighted by Crippen LogP contribution is 2.59. The number of fused-ring (bicyclic) bond motifs is 1. The van der Waals surface area contributed by atoms with Gasteiger partial charge in [-0.3, -0.25) is 23.7 Å². The first kappa shape index (κ1) is 21.1. The molecule has 174 valence electrons. The smallest absolute Gasteiger partial charge is 0.207 e. The number of hydrogen-bond donors (Lipinski definition) is 1. The molecule has 8 rings (SSSR count). The number of rotatable bonds is 1. The van der Waals surface area contributed by atoms with E-state index < -0.39 is 17.6 Å². The molecule has 0 spiro atoms. The minimum atomic E-state index is -0.823. The second-order valence-electron chi connectivity index (χ2n) is 9.16. The van der Waals surface area contributed by atoms with Crippen LogP contribution in [0.1, 0.15) is 29.9 Å². The van der Waals surface area contributed by atoms with E-state index in [9.17, 15) is 19.2 Å². The van der Waals surface area contributed by atoms with E-state index in [-0.39, 0.29) is 55.4 Å². The van der Waals surface area contributed by atoms with Crippen LogP contribution in [0, 0.1) is 0 Å². The number of carbonyl (C=O) groups excluding carboxylic acids is 4. The van der Waals surface area contributed by atoms with E-state index in [1.165, 1.54) is 23.2 Å². The first-order valence-corrected chi connectivity index (χ1v) is 12.0. The van der Waals surface area contributed by atoms with E-state index in [4.69, 9.17) is 5.73 Å². The predicted molar refractivity (Wildman–Crippen MR) is 134 cm³/mol. The predicted octanol–water partition coefficient (Wildman–Crippen LogP) is 3.31. The fraction of sp³-hybridized carbons (Fsp3) is 0.111. The third-order valence-electron chi connectivity index (χ3n) is 7.45. The van der Waals surface area contributed by atoms with Crippen molar-refractivity contribution in [1.82, 2.24) is 14.5 Å². The molecule has 0 radical (unpaired) electrons. The molecule has 3 aromatic rings. The van der Waals surface area contributed by atoms with Gasteiger partial charge in [0.05, 0.1) is 10.2 Å². The van der Waals surface area contributed by atoms with E-state index in [1.54, 1.807) is 13.0 Å². The summed E-state index contributed by atoms with van der Waals surface area (Å²) in [5, 5.41) is 0. The van der Waals surface area contributed by atoms with Crippen LogP contribution in [-0.4, -0.2) is 37.7 Å². The molecule has 8 nitrogen and oxygen atoms in total. The lowest BCUT2D eigenvalue weighted by molar-refractivity contribution is -0.117. The molecular weight excluding hydrogens is 524 g/mol. The van der Waals surface area contributed by atoms with Crippen molar-refractivity contribution in [2.24, 2.45) is 0 Å². The normalized spacial score (nSPS) is 22.9. The first-order valence-electron chi connectivity index (χ1n) is 11.2. The second-order valence-corrected chi connectivity index (χ2v) is 9.95. The number of benzene rings is 1. The van der Waals surface area contributed by atoms with Crippen LogP contribution in [0.15, 0.2) is 81.3 Å². The highest BCUT2D eigenvalue weighted by molar-refractivity contribution is 9.12. The number of nitrogens with zero attached hydrogens (tertiary/aromatic N) is 3. The Morgan fingerprint density at radius 1 is 0.861 bits per heavy atom. The number of imidazole rings is 1. The van der Waals surface area contributed by atoms with Gasteiger partial charge >= 0.3 is 0 Å². The molecule has 5 aliphatic carbocycles. The van der Waals surface area contributed by atoms with Crippen molar-refractivity contribution in [2.45, 2.75) is 18.8 Å². The van der Waals surface area contributed by atoms with Gasteiger partial charge in [-0.25, -0.2) is 9.97 Å². The Morgan fingerprint density at radius 2 is 1.50 bits per heavy atom. The Kier molecular flexibility index (Phi) is 4.05. The quantitative estimate of drug-likeness (QED) is 0.471. The molecule has 2 bridgehead atoms. The van der Waals surface area contributed by atoms with E-state index >= 15 is 0 Å². The summed E-state index contributed by atoms with van der Waals surface area (Å²) in [6.07, 6.45) is 4.18. The Bertz CT molecular complexity index is 1800. The first-order chi connectivity index (χ1) is 17.3. The third kappa shape index (κ3) is 2.38. The Labute approximate surface area is 212 Å². The molecule has 0 aliphatic heterocycles. The molecular formula is C27H15BrN4O4. The maximum Gasteiger partial charge on any atom is 0.207 e. The number of carbonyl (C=O) groups is 4. The van der Waals surface area contributed by atoms with Gasteiger partial charge in [-0.1, -0.05) is 24.3 Å². The number of aromatic nitrogens is 3. The van der Waals surface area contributed by atoms with Crippen molar-refractivity contribution in [2.75, 3.05) is 5.73 Å². The largest absolute Gasteiger partial charge is 0.397 e. The molecule has 2 unspecified atom stereocenters. The number of allylic oxidation sites excluding steroid dienone is 8. The lowest BCUT2D eigenvalue weighted by atomic mass is 9.55. The highest BCUT2D eigenvalue weighted by Gasteiger charge is 2.55. The van der Waals surface area contributed by atoms with Crippen LogP contribution in [0.5, 0.6) is 0 Å². The number of Topliss-reactive ketones (excluding diaryl/α,β-unsaturated/α-hetero) is 3. The monoisotopic (exact) mass is 538 g/mol. The Morgan fingerprint density at radius 3 is 2.22 bits per heavy atom. The van der Waals surface area contributed by atoms with Crippen molar-refractivity contribution in [3.05, 3.63) is 92.4 Å². The van der Waals surface area contributed by atoms with Gasteiger partial charge in [0, 0.05) is 52.0 Å². The van der Waals surface area contributed by atoms with E-state index in [0.29, 0.717) is 16.9 Å². The SMILES string of the molecule is CC1=C(Br)C(=O)C2=C(C1=O)C1C3=C(C(=O)C=C(n4cnc5c(N)ccnc54)C3=O)C2c2ccccc21. The summed E-state index contributed by atoms with van der Waals surface area (Å²) in [6.45, 7) is 1.59. The third-order valence-corrected chi connectivity index (χ3v) is 8.40. The second kappa shape index (κ2) is 6.92. The van der Waals surface area contributed by atoms with Crippen molar-refractivity contribution < 1.29 is 19.2 Å². The Hall–Kier alpha value is -4.24. The van der Waals surface area contributed by atoms with Crippen LogP contribution >= 0.6 is 15.9 Å². The molecule has 2 atom stereocenters. The Balaban J connectivity index is 1.47. The maximum absolute atomic E-state index is 14.1. The van der Waals surface area contributed by atoms with Crippen molar-refractivity contribution >= 4 is 61.6 Å². The van der Waals surface area contributed by atoms with Gasteiger partial charge in [-0.2, -0.15) is 0 Å². The molecule has 2 N–H and O–H groups in total. The summed E-state index contributed by atoms with van der Waals surface area (Å²) < 4.78 is 1.65. The highest BCUT2D eigenvalue weighted by atomic mass is 79.9. The van der Waals surface area contributed by atoms with E-state index in [2.05, 4.69) is 25.9 Å². The molecule has 0 saturated heterocycles. The molecule has 9 heteroatoms. The van der Waals surface area contributed by atoms with Gasteiger partial charge in [-0.15, -0.1) is 0 Å². The molecule has 0 amide bonds.